The first-order chi connectivity index (χ1) is 11.2. The molecule has 0 aliphatic rings. The van der Waals surface area contributed by atoms with Crippen molar-refractivity contribution in [1.82, 2.24) is 5.32 Å². The Balaban J connectivity index is 1.80. The largest absolute Gasteiger partial charge is 0.495 e. The van der Waals surface area contributed by atoms with Crippen molar-refractivity contribution in [3.63, 3.8) is 0 Å². The van der Waals surface area contributed by atoms with E-state index < -0.39 is 0 Å². The fourth-order valence-electron chi connectivity index (χ4n) is 1.96. The zero-order valence-corrected chi connectivity index (χ0v) is 13.0. The minimum Gasteiger partial charge on any atom is -0.495 e. The summed E-state index contributed by atoms with van der Waals surface area (Å²) >= 11 is 0. The minimum atomic E-state index is -0.128. The lowest BCUT2D eigenvalue weighted by Gasteiger charge is -2.10. The van der Waals surface area contributed by atoms with E-state index >= 15 is 0 Å². The van der Waals surface area contributed by atoms with E-state index in [0.717, 1.165) is 5.69 Å². The highest BCUT2D eigenvalue weighted by molar-refractivity contribution is 5.94. The highest BCUT2D eigenvalue weighted by atomic mass is 16.5. The van der Waals surface area contributed by atoms with Crippen molar-refractivity contribution in [3.8, 4) is 5.75 Å². The molecule has 2 aromatic carbocycles. The molecule has 0 atom stereocenters. The van der Waals surface area contributed by atoms with Gasteiger partial charge in [-0.25, -0.2) is 0 Å². The van der Waals surface area contributed by atoms with Crippen molar-refractivity contribution in [1.29, 1.82) is 0 Å². The number of hydrogen-bond acceptors (Lipinski definition) is 3. The van der Waals surface area contributed by atoms with Crippen LogP contribution in [0.2, 0.25) is 0 Å². The van der Waals surface area contributed by atoms with Crippen LogP contribution in [0.5, 0.6) is 5.75 Å². The van der Waals surface area contributed by atoms with Crippen LogP contribution in [-0.2, 0) is 0 Å². The summed E-state index contributed by atoms with van der Waals surface area (Å²) in [5.41, 5.74) is 7.19. The molecular weight excluding hydrogens is 292 g/mol. The van der Waals surface area contributed by atoms with Gasteiger partial charge in [-0.3, -0.25) is 9.79 Å². The van der Waals surface area contributed by atoms with Crippen LogP contribution < -0.4 is 21.1 Å². The van der Waals surface area contributed by atoms with Gasteiger partial charge in [0, 0.05) is 12.1 Å². The molecule has 6 nitrogen and oxygen atoms in total. The molecule has 23 heavy (non-hydrogen) atoms. The summed E-state index contributed by atoms with van der Waals surface area (Å²) < 4.78 is 5.22. The van der Waals surface area contributed by atoms with E-state index in [2.05, 4.69) is 15.6 Å². The Labute approximate surface area is 135 Å². The van der Waals surface area contributed by atoms with Crippen molar-refractivity contribution in [3.05, 3.63) is 60.2 Å². The van der Waals surface area contributed by atoms with Crippen LogP contribution >= 0.6 is 0 Å². The first-order valence-corrected chi connectivity index (χ1v) is 7.24. The Morgan fingerprint density at radius 2 is 1.83 bits per heavy atom. The molecule has 2 rings (SSSR count). The number of para-hydroxylation sites is 2. The molecule has 0 fully saturated rings. The van der Waals surface area contributed by atoms with E-state index in [1.807, 2.05) is 42.5 Å². The van der Waals surface area contributed by atoms with Crippen molar-refractivity contribution in [2.75, 3.05) is 25.5 Å². The molecule has 0 aliphatic heterocycles. The van der Waals surface area contributed by atoms with Crippen LogP contribution in [0.15, 0.2) is 59.6 Å². The predicted octanol–water partition coefficient (Wildman–Crippen LogP) is 1.85. The molecule has 0 aromatic heterocycles. The highest BCUT2D eigenvalue weighted by Gasteiger charge is 2.04. The second-order valence-corrected chi connectivity index (χ2v) is 4.71. The fraction of sp³-hybridized carbons (Fsp3) is 0.176. The average Bonchev–Trinajstić information content (AvgIpc) is 2.59. The van der Waals surface area contributed by atoms with Gasteiger partial charge in [-0.2, -0.15) is 0 Å². The fourth-order valence-corrected chi connectivity index (χ4v) is 1.96. The molecule has 0 bridgehead atoms. The third-order valence-corrected chi connectivity index (χ3v) is 3.09. The number of rotatable bonds is 6. The number of hydrogen-bond donors (Lipinski definition) is 3. The van der Waals surface area contributed by atoms with Crippen LogP contribution in [0.25, 0.3) is 0 Å². The second-order valence-electron chi connectivity index (χ2n) is 4.71. The van der Waals surface area contributed by atoms with E-state index in [0.29, 0.717) is 24.4 Å². The third-order valence-electron chi connectivity index (χ3n) is 3.09. The second kappa shape index (κ2) is 8.43. The molecule has 4 N–H and O–H groups in total. The van der Waals surface area contributed by atoms with Crippen LogP contribution in [0.1, 0.15) is 10.4 Å². The van der Waals surface area contributed by atoms with Gasteiger partial charge in [0.1, 0.15) is 5.75 Å². The summed E-state index contributed by atoms with van der Waals surface area (Å²) in [5.74, 6) is 0.823. The Morgan fingerprint density at radius 1 is 1.13 bits per heavy atom. The van der Waals surface area contributed by atoms with Crippen molar-refractivity contribution in [2.24, 2.45) is 10.7 Å². The smallest absolute Gasteiger partial charge is 0.251 e. The summed E-state index contributed by atoms with van der Waals surface area (Å²) in [5, 5.41) is 5.76. The molecule has 0 unspecified atom stereocenters. The van der Waals surface area contributed by atoms with Crippen LogP contribution in [0, 0.1) is 0 Å². The number of amides is 1. The summed E-state index contributed by atoms with van der Waals surface area (Å²) in [4.78, 5) is 16.0. The van der Waals surface area contributed by atoms with Gasteiger partial charge in [-0.05, 0) is 24.3 Å². The summed E-state index contributed by atoms with van der Waals surface area (Å²) in [7, 11) is 1.59. The van der Waals surface area contributed by atoms with Gasteiger partial charge in [0.05, 0.1) is 19.3 Å². The zero-order valence-electron chi connectivity index (χ0n) is 13.0. The number of nitrogens with two attached hydrogens (primary N) is 1. The Bertz CT molecular complexity index is 671. The summed E-state index contributed by atoms with van der Waals surface area (Å²) in [6.07, 6.45) is 0. The monoisotopic (exact) mass is 312 g/mol. The van der Waals surface area contributed by atoms with Crippen LogP contribution in [0.3, 0.4) is 0 Å². The van der Waals surface area contributed by atoms with Crippen LogP contribution in [-0.4, -0.2) is 32.1 Å². The molecule has 0 radical (unpaired) electrons. The topological polar surface area (TPSA) is 88.7 Å². The molecule has 0 heterocycles. The van der Waals surface area contributed by atoms with E-state index in [9.17, 15) is 4.79 Å². The molecule has 1 amide bonds. The number of benzene rings is 2. The predicted molar refractivity (Wildman–Crippen MR) is 91.9 cm³/mol. The van der Waals surface area contributed by atoms with Crippen molar-refractivity contribution in [2.45, 2.75) is 0 Å². The average molecular weight is 312 g/mol. The number of aliphatic imine (C=N–C) groups is 1. The van der Waals surface area contributed by atoms with Gasteiger partial charge in [-0.1, -0.05) is 30.3 Å². The molecule has 0 aliphatic carbocycles. The zero-order chi connectivity index (χ0) is 16.5. The number of carbonyl (C=O) groups is 1. The summed E-state index contributed by atoms with van der Waals surface area (Å²) in [6.45, 7) is 0.786. The Kier molecular flexibility index (Phi) is 5.99. The standard InChI is InChI=1S/C17H20N4O2/c1-23-15-10-6-5-9-14(15)21-17(18)20-12-11-19-16(22)13-7-3-2-4-8-13/h2-10H,11-12H2,1H3,(H,19,22)(H3,18,20,21). The maximum Gasteiger partial charge on any atom is 0.251 e. The van der Waals surface area contributed by atoms with E-state index in [4.69, 9.17) is 10.5 Å². The molecule has 120 valence electrons. The van der Waals surface area contributed by atoms with Crippen LogP contribution in [0.4, 0.5) is 5.69 Å². The van der Waals surface area contributed by atoms with E-state index in [-0.39, 0.29) is 11.9 Å². The number of anilines is 1. The number of nitrogens with one attached hydrogen (secondary N) is 2. The van der Waals surface area contributed by atoms with E-state index in [1.54, 1.807) is 19.2 Å². The number of ether oxygens (including phenoxy) is 1. The highest BCUT2D eigenvalue weighted by Crippen LogP contribution is 2.22. The number of nitrogens with zero attached hydrogens (tertiary/aromatic N) is 1. The quantitative estimate of drug-likeness (QED) is 0.431. The Morgan fingerprint density at radius 3 is 2.57 bits per heavy atom. The third kappa shape index (κ3) is 5.03. The lowest BCUT2D eigenvalue weighted by Crippen LogP contribution is -2.28. The van der Waals surface area contributed by atoms with Gasteiger partial charge in [-0.15, -0.1) is 0 Å². The van der Waals surface area contributed by atoms with Gasteiger partial charge in [0.15, 0.2) is 5.96 Å². The lowest BCUT2D eigenvalue weighted by atomic mass is 10.2. The maximum atomic E-state index is 11.8. The van der Waals surface area contributed by atoms with Crippen molar-refractivity contribution < 1.29 is 9.53 Å². The number of methoxy groups -OCH3 is 1. The molecule has 6 heteroatoms. The molecule has 0 spiro atoms. The first-order valence-electron chi connectivity index (χ1n) is 7.24. The van der Waals surface area contributed by atoms with E-state index in [1.165, 1.54) is 0 Å². The summed E-state index contributed by atoms with van der Waals surface area (Å²) in [6, 6.07) is 16.4. The van der Waals surface area contributed by atoms with Gasteiger partial charge < -0.3 is 21.1 Å². The lowest BCUT2D eigenvalue weighted by molar-refractivity contribution is 0.0955. The number of guanidine groups is 1. The van der Waals surface area contributed by atoms with Gasteiger partial charge in [0.2, 0.25) is 0 Å². The molecule has 0 saturated heterocycles. The first kappa shape index (κ1) is 16.4. The normalized spacial score (nSPS) is 10.9. The SMILES string of the molecule is COc1ccccc1NC(N)=NCCNC(=O)c1ccccc1. The molecule has 0 saturated carbocycles. The Hall–Kier alpha value is -3.02. The number of carbonyl (C=O) groups excluding carboxylic acids is 1. The van der Waals surface area contributed by atoms with Gasteiger partial charge >= 0.3 is 0 Å². The molecule has 2 aromatic rings. The minimum absolute atomic E-state index is 0.128. The van der Waals surface area contributed by atoms with Crippen molar-refractivity contribution >= 4 is 17.6 Å². The molecular formula is C17H20N4O2. The maximum absolute atomic E-state index is 11.8. The van der Waals surface area contributed by atoms with Gasteiger partial charge in [0.25, 0.3) is 5.91 Å².